The molecule has 0 saturated carbocycles. The van der Waals surface area contributed by atoms with Gasteiger partial charge in [-0.15, -0.1) is 0 Å². The molecule has 2 aromatic heterocycles. The van der Waals surface area contributed by atoms with Gasteiger partial charge in [0.2, 0.25) is 0 Å². The minimum absolute atomic E-state index is 0.376. The highest BCUT2D eigenvalue weighted by molar-refractivity contribution is 6.14. The normalized spacial score (nSPS) is 13.2. The monoisotopic (exact) mass is 679 g/mol. The lowest BCUT2D eigenvalue weighted by Gasteiger charge is -2.29. The van der Waals surface area contributed by atoms with Crippen LogP contribution in [0.5, 0.6) is 0 Å². The lowest BCUT2D eigenvalue weighted by molar-refractivity contribution is 0.638. The molecule has 0 spiro atoms. The predicted octanol–water partition coefficient (Wildman–Crippen LogP) is 14.0. The Morgan fingerprint density at radius 1 is 0.396 bits per heavy atom. The maximum absolute atomic E-state index is 6.87. The van der Waals surface area contributed by atoms with E-state index in [0.717, 1.165) is 72.1 Å². The summed E-state index contributed by atoms with van der Waals surface area (Å²) >= 11 is 0. The summed E-state index contributed by atoms with van der Waals surface area (Å²) < 4.78 is 13.1. The van der Waals surface area contributed by atoms with Crippen molar-refractivity contribution in [2.45, 2.75) is 12.3 Å². The number of rotatable bonds is 5. The van der Waals surface area contributed by atoms with Crippen molar-refractivity contribution in [1.29, 1.82) is 0 Å². The van der Waals surface area contributed by atoms with Crippen LogP contribution in [-0.2, 0) is 5.41 Å². The number of furan rings is 2. The zero-order valence-electron chi connectivity index (χ0n) is 29.1. The molecule has 1 aliphatic carbocycles. The number of anilines is 3. The molecule has 3 heteroatoms. The Labute approximate surface area is 307 Å². The van der Waals surface area contributed by atoms with Crippen LogP contribution in [0.2, 0.25) is 0 Å². The van der Waals surface area contributed by atoms with Gasteiger partial charge in [0.25, 0.3) is 0 Å². The molecule has 10 aromatic rings. The highest BCUT2D eigenvalue weighted by Gasteiger charge is 2.42. The summed E-state index contributed by atoms with van der Waals surface area (Å²) in [5.41, 5.74) is 15.1. The molecule has 0 fully saturated rings. The quantitative estimate of drug-likeness (QED) is 0.181. The second kappa shape index (κ2) is 11.3. The Morgan fingerprint density at radius 3 is 1.70 bits per heavy atom. The largest absolute Gasteiger partial charge is 0.456 e. The van der Waals surface area contributed by atoms with Gasteiger partial charge < -0.3 is 13.7 Å². The third-order valence-corrected chi connectivity index (χ3v) is 11.4. The Kier molecular flexibility index (Phi) is 6.38. The number of benzene rings is 8. The molecule has 250 valence electrons. The fourth-order valence-corrected chi connectivity index (χ4v) is 8.87. The maximum Gasteiger partial charge on any atom is 0.140 e. The summed E-state index contributed by atoms with van der Waals surface area (Å²) in [6.45, 7) is 2.36. The summed E-state index contributed by atoms with van der Waals surface area (Å²) in [6.07, 6.45) is 0. The molecule has 3 nitrogen and oxygen atoms in total. The molecule has 2 heterocycles. The van der Waals surface area contributed by atoms with E-state index in [1.165, 1.54) is 27.8 Å². The molecule has 0 atom stereocenters. The molecule has 0 saturated heterocycles. The molecule has 0 radical (unpaired) electrons. The van der Waals surface area contributed by atoms with Crippen molar-refractivity contribution in [3.05, 3.63) is 199 Å². The second-order valence-electron chi connectivity index (χ2n) is 14.2. The molecule has 1 aliphatic rings. The van der Waals surface area contributed by atoms with Crippen molar-refractivity contribution in [3.8, 4) is 22.3 Å². The molecular formula is C50H33NO2. The summed E-state index contributed by atoms with van der Waals surface area (Å²) in [7, 11) is 0. The molecule has 8 aromatic carbocycles. The van der Waals surface area contributed by atoms with Crippen LogP contribution < -0.4 is 4.90 Å². The smallest absolute Gasteiger partial charge is 0.140 e. The minimum atomic E-state index is -0.376. The average molecular weight is 680 g/mol. The standard InChI is InChI=1S/C50H33NO2/c1-50(42-19-9-5-15-37(42)38-16-6-10-20-43(38)50)44-29-28-36(48-40-18-8-12-22-46(40)53-49(44)48)32-23-25-34(26-24-32)51(33-13-3-2-4-14-33)35-27-30-47-41(31-35)39-17-7-11-21-45(39)52-47/h2-31H,1H3. The Bertz CT molecular complexity index is 2980. The predicted molar refractivity (Wildman–Crippen MR) is 219 cm³/mol. The Balaban J connectivity index is 1.08. The van der Waals surface area contributed by atoms with Crippen LogP contribution in [0.4, 0.5) is 17.1 Å². The third kappa shape index (κ3) is 4.34. The van der Waals surface area contributed by atoms with Crippen LogP contribution in [0, 0.1) is 0 Å². The number of para-hydroxylation sites is 3. The Morgan fingerprint density at radius 2 is 0.962 bits per heavy atom. The maximum atomic E-state index is 6.87. The number of fused-ring (bicyclic) bond motifs is 9. The molecule has 0 amide bonds. The average Bonchev–Trinajstić information content (AvgIpc) is 3.87. The van der Waals surface area contributed by atoms with E-state index >= 15 is 0 Å². The van der Waals surface area contributed by atoms with Gasteiger partial charge in [-0.3, -0.25) is 0 Å². The summed E-state index contributed by atoms with van der Waals surface area (Å²) in [5, 5.41) is 4.49. The van der Waals surface area contributed by atoms with Crippen LogP contribution in [0.3, 0.4) is 0 Å². The van der Waals surface area contributed by atoms with Crippen molar-refractivity contribution < 1.29 is 8.83 Å². The molecule has 0 unspecified atom stereocenters. The fraction of sp³-hybridized carbons (Fsp3) is 0.0400. The van der Waals surface area contributed by atoms with Crippen molar-refractivity contribution in [2.75, 3.05) is 4.90 Å². The molecular weight excluding hydrogens is 647 g/mol. The van der Waals surface area contributed by atoms with Gasteiger partial charge in [0.1, 0.15) is 22.3 Å². The van der Waals surface area contributed by atoms with E-state index in [0.29, 0.717) is 0 Å². The summed E-state index contributed by atoms with van der Waals surface area (Å²) in [6, 6.07) is 64.9. The highest BCUT2D eigenvalue weighted by atomic mass is 16.3. The van der Waals surface area contributed by atoms with Crippen LogP contribution in [-0.4, -0.2) is 0 Å². The number of nitrogens with zero attached hydrogens (tertiary/aromatic N) is 1. The van der Waals surface area contributed by atoms with E-state index < -0.39 is 0 Å². The van der Waals surface area contributed by atoms with E-state index in [1.807, 2.05) is 12.1 Å². The molecule has 0 bridgehead atoms. The van der Waals surface area contributed by atoms with Crippen molar-refractivity contribution in [2.24, 2.45) is 0 Å². The van der Waals surface area contributed by atoms with Crippen molar-refractivity contribution >= 4 is 60.9 Å². The summed E-state index contributed by atoms with van der Waals surface area (Å²) in [5.74, 6) is 0. The topological polar surface area (TPSA) is 29.5 Å². The van der Waals surface area contributed by atoms with Crippen molar-refractivity contribution in [3.63, 3.8) is 0 Å². The summed E-state index contributed by atoms with van der Waals surface area (Å²) in [4.78, 5) is 2.31. The van der Waals surface area contributed by atoms with Gasteiger partial charge in [0.05, 0.1) is 0 Å². The van der Waals surface area contributed by atoms with Gasteiger partial charge >= 0.3 is 0 Å². The van der Waals surface area contributed by atoms with E-state index in [9.17, 15) is 0 Å². The van der Waals surface area contributed by atoms with Crippen LogP contribution >= 0.6 is 0 Å². The van der Waals surface area contributed by atoms with E-state index in [4.69, 9.17) is 8.83 Å². The SMILES string of the molecule is CC1(c2ccc(-c3ccc(N(c4ccccc4)c4ccc5oc6ccccc6c5c4)cc3)c3c2oc2ccccc23)c2ccccc2-c2ccccc21. The number of hydrogen-bond acceptors (Lipinski definition) is 3. The lowest BCUT2D eigenvalue weighted by Crippen LogP contribution is -2.22. The zero-order valence-corrected chi connectivity index (χ0v) is 29.1. The fourth-order valence-electron chi connectivity index (χ4n) is 8.87. The first kappa shape index (κ1) is 29.8. The second-order valence-corrected chi connectivity index (χ2v) is 14.2. The molecule has 11 rings (SSSR count). The Hall–Kier alpha value is -6.84. The first-order valence-electron chi connectivity index (χ1n) is 18.2. The van der Waals surface area contributed by atoms with Crippen LogP contribution in [0.1, 0.15) is 23.6 Å². The number of hydrogen-bond donors (Lipinski definition) is 0. The van der Waals surface area contributed by atoms with Gasteiger partial charge in [-0.25, -0.2) is 0 Å². The first-order chi connectivity index (χ1) is 26.2. The van der Waals surface area contributed by atoms with Gasteiger partial charge in [0.15, 0.2) is 0 Å². The van der Waals surface area contributed by atoms with Gasteiger partial charge in [-0.2, -0.15) is 0 Å². The molecule has 53 heavy (non-hydrogen) atoms. The zero-order chi connectivity index (χ0) is 35.1. The van der Waals surface area contributed by atoms with E-state index in [-0.39, 0.29) is 5.41 Å². The van der Waals surface area contributed by atoms with Crippen LogP contribution in [0.15, 0.2) is 191 Å². The third-order valence-electron chi connectivity index (χ3n) is 11.4. The minimum Gasteiger partial charge on any atom is -0.456 e. The molecule has 0 aliphatic heterocycles. The lowest BCUT2D eigenvalue weighted by atomic mass is 9.73. The first-order valence-corrected chi connectivity index (χ1v) is 18.2. The van der Waals surface area contributed by atoms with E-state index in [1.54, 1.807) is 0 Å². The van der Waals surface area contributed by atoms with Crippen LogP contribution in [0.25, 0.3) is 66.1 Å². The van der Waals surface area contributed by atoms with Gasteiger partial charge in [0, 0.05) is 49.6 Å². The van der Waals surface area contributed by atoms with Gasteiger partial charge in [-0.1, -0.05) is 127 Å². The van der Waals surface area contributed by atoms with Crippen molar-refractivity contribution in [1.82, 2.24) is 0 Å². The molecule has 0 N–H and O–H groups in total. The van der Waals surface area contributed by atoms with E-state index in [2.05, 4.69) is 182 Å². The highest BCUT2D eigenvalue weighted by Crippen LogP contribution is 2.55. The van der Waals surface area contributed by atoms with Gasteiger partial charge in [-0.05, 0) is 94.9 Å².